The molecule has 1 unspecified atom stereocenters. The van der Waals surface area contributed by atoms with Gasteiger partial charge >= 0.3 is 6.18 Å². The Hall–Kier alpha value is -2.85. The number of nitrogens with zero attached hydrogens (tertiary/aromatic N) is 2. The zero-order valence-electron chi connectivity index (χ0n) is 17.0. The lowest BCUT2D eigenvalue weighted by molar-refractivity contribution is -0.154. The van der Waals surface area contributed by atoms with Crippen molar-refractivity contribution in [3.8, 4) is 11.6 Å². The third-order valence-corrected chi connectivity index (χ3v) is 4.83. The number of rotatable bonds is 8. The molecule has 0 spiro atoms. The molecule has 168 valence electrons. The van der Waals surface area contributed by atoms with Crippen LogP contribution in [0.15, 0.2) is 42.6 Å². The van der Waals surface area contributed by atoms with Crippen LogP contribution in [0, 0.1) is 0 Å². The van der Waals surface area contributed by atoms with E-state index in [-0.39, 0.29) is 23.4 Å². The third-order valence-electron chi connectivity index (χ3n) is 4.83. The molecule has 10 heteroatoms. The summed E-state index contributed by atoms with van der Waals surface area (Å²) in [5.74, 6) is 0.173. The zero-order valence-corrected chi connectivity index (χ0v) is 17.0. The van der Waals surface area contributed by atoms with Crippen molar-refractivity contribution < 1.29 is 32.2 Å². The average molecular weight is 439 g/mol. The molecule has 1 saturated heterocycles. The molecule has 0 radical (unpaired) electrons. The van der Waals surface area contributed by atoms with Crippen molar-refractivity contribution >= 4 is 5.91 Å². The quantitative estimate of drug-likeness (QED) is 0.682. The van der Waals surface area contributed by atoms with Crippen LogP contribution in [0.2, 0.25) is 0 Å². The molecule has 1 aliphatic heterocycles. The van der Waals surface area contributed by atoms with Crippen molar-refractivity contribution in [2.45, 2.75) is 12.2 Å². The van der Waals surface area contributed by atoms with Gasteiger partial charge < -0.3 is 19.5 Å². The lowest BCUT2D eigenvalue weighted by Crippen LogP contribution is -2.43. The smallest absolute Gasteiger partial charge is 0.422 e. The van der Waals surface area contributed by atoms with Gasteiger partial charge in [0.25, 0.3) is 5.91 Å². The van der Waals surface area contributed by atoms with E-state index in [1.807, 2.05) is 24.3 Å². The highest BCUT2D eigenvalue weighted by atomic mass is 19.4. The number of aromatic nitrogens is 1. The van der Waals surface area contributed by atoms with Crippen LogP contribution >= 0.6 is 0 Å². The molecule has 0 aliphatic carbocycles. The van der Waals surface area contributed by atoms with Crippen LogP contribution in [0.4, 0.5) is 13.2 Å². The Morgan fingerprint density at radius 2 is 1.90 bits per heavy atom. The lowest BCUT2D eigenvalue weighted by Gasteiger charge is -2.35. The Bertz CT molecular complexity index is 838. The fourth-order valence-electron chi connectivity index (χ4n) is 3.22. The highest BCUT2D eigenvalue weighted by molar-refractivity contribution is 5.93. The van der Waals surface area contributed by atoms with Gasteiger partial charge in [0.2, 0.25) is 5.88 Å². The maximum Gasteiger partial charge on any atom is 0.422 e. The zero-order chi connectivity index (χ0) is 22.3. The minimum atomic E-state index is -4.45. The second kappa shape index (κ2) is 10.5. The Kier molecular flexibility index (Phi) is 7.69. The summed E-state index contributed by atoms with van der Waals surface area (Å²) in [6.07, 6.45) is -3.26. The minimum Gasteiger partial charge on any atom is -0.497 e. The lowest BCUT2D eigenvalue weighted by atomic mass is 10.0. The number of morpholine rings is 1. The maximum atomic E-state index is 12.6. The number of carbonyl (C=O) groups excluding carboxylic acids is 1. The second-order valence-corrected chi connectivity index (χ2v) is 6.94. The molecule has 2 aromatic rings. The van der Waals surface area contributed by atoms with Crippen LogP contribution in [0.3, 0.4) is 0 Å². The van der Waals surface area contributed by atoms with E-state index in [1.54, 1.807) is 7.11 Å². The first kappa shape index (κ1) is 22.8. The van der Waals surface area contributed by atoms with Crippen molar-refractivity contribution in [1.82, 2.24) is 15.2 Å². The van der Waals surface area contributed by atoms with Gasteiger partial charge in [0.1, 0.15) is 5.75 Å². The molecule has 1 aliphatic rings. The molecule has 1 amide bonds. The van der Waals surface area contributed by atoms with Gasteiger partial charge in [-0.15, -0.1) is 0 Å². The SMILES string of the molecule is COc1ccc(C(CNC(=O)c2ccc(OCC(F)(F)F)nc2)N2CCOCC2)cc1. The molecule has 7 nitrogen and oxygen atoms in total. The number of hydrogen-bond donors (Lipinski definition) is 1. The highest BCUT2D eigenvalue weighted by Gasteiger charge is 2.28. The van der Waals surface area contributed by atoms with Gasteiger partial charge in [-0.05, 0) is 23.8 Å². The van der Waals surface area contributed by atoms with Crippen molar-refractivity contribution in [3.05, 3.63) is 53.7 Å². The van der Waals surface area contributed by atoms with E-state index in [4.69, 9.17) is 9.47 Å². The van der Waals surface area contributed by atoms with Gasteiger partial charge in [-0.25, -0.2) is 4.98 Å². The first-order valence-corrected chi connectivity index (χ1v) is 9.75. The Labute approximate surface area is 178 Å². The molecule has 1 fully saturated rings. The van der Waals surface area contributed by atoms with Crippen molar-refractivity contribution in [2.24, 2.45) is 0 Å². The van der Waals surface area contributed by atoms with Gasteiger partial charge in [0.15, 0.2) is 6.61 Å². The summed E-state index contributed by atoms with van der Waals surface area (Å²) in [4.78, 5) is 18.6. The number of hydrogen-bond acceptors (Lipinski definition) is 6. The normalized spacial score (nSPS) is 15.9. The number of pyridine rings is 1. The predicted octanol–water partition coefficient (Wildman–Crippen LogP) is 2.83. The summed E-state index contributed by atoms with van der Waals surface area (Å²) in [6.45, 7) is 1.61. The third kappa shape index (κ3) is 6.83. The Balaban J connectivity index is 1.63. The average Bonchev–Trinajstić information content (AvgIpc) is 2.78. The van der Waals surface area contributed by atoms with Crippen molar-refractivity contribution in [3.63, 3.8) is 0 Å². The van der Waals surface area contributed by atoms with Crippen LogP contribution < -0.4 is 14.8 Å². The monoisotopic (exact) mass is 439 g/mol. The molecule has 3 rings (SSSR count). The maximum absolute atomic E-state index is 12.6. The molecule has 1 aromatic carbocycles. The predicted molar refractivity (Wildman–Crippen MR) is 106 cm³/mol. The molecule has 0 bridgehead atoms. The first-order valence-electron chi connectivity index (χ1n) is 9.75. The van der Waals surface area contributed by atoms with E-state index < -0.39 is 12.8 Å². The van der Waals surface area contributed by atoms with Gasteiger partial charge in [0, 0.05) is 31.9 Å². The molecular weight excluding hydrogens is 415 g/mol. The van der Waals surface area contributed by atoms with Crippen molar-refractivity contribution in [1.29, 1.82) is 0 Å². The summed E-state index contributed by atoms with van der Waals surface area (Å²) < 4.78 is 51.9. The van der Waals surface area contributed by atoms with E-state index >= 15 is 0 Å². The largest absolute Gasteiger partial charge is 0.497 e. The Morgan fingerprint density at radius 3 is 2.48 bits per heavy atom. The standard InChI is InChI=1S/C21H24F3N3O4/c1-29-17-5-2-15(3-6-17)18(27-8-10-30-11-9-27)13-26-20(28)16-4-7-19(25-12-16)31-14-21(22,23)24/h2-7,12,18H,8-11,13-14H2,1H3,(H,26,28). The van der Waals surface area contributed by atoms with Gasteiger partial charge in [-0.2, -0.15) is 13.2 Å². The van der Waals surface area contributed by atoms with Gasteiger partial charge in [0.05, 0.1) is 31.9 Å². The number of nitrogens with one attached hydrogen (secondary N) is 1. The topological polar surface area (TPSA) is 72.9 Å². The van der Waals surface area contributed by atoms with E-state index in [2.05, 4.69) is 19.9 Å². The second-order valence-electron chi connectivity index (χ2n) is 6.94. The van der Waals surface area contributed by atoms with E-state index in [0.29, 0.717) is 19.8 Å². The molecule has 1 N–H and O–H groups in total. The number of ether oxygens (including phenoxy) is 3. The fraction of sp³-hybridized carbons (Fsp3) is 0.429. The number of benzene rings is 1. The molecule has 1 atom stereocenters. The molecule has 1 aromatic heterocycles. The van der Waals surface area contributed by atoms with Gasteiger partial charge in [-0.3, -0.25) is 9.69 Å². The molecule has 0 saturated carbocycles. The number of carbonyl (C=O) groups is 1. The summed E-state index contributed by atoms with van der Waals surface area (Å²) >= 11 is 0. The summed E-state index contributed by atoms with van der Waals surface area (Å²) in [5.41, 5.74) is 1.26. The van der Waals surface area contributed by atoms with Crippen LogP contribution in [0.25, 0.3) is 0 Å². The molecule has 2 heterocycles. The van der Waals surface area contributed by atoms with E-state index in [0.717, 1.165) is 24.4 Å². The minimum absolute atomic E-state index is 0.0684. The Morgan fingerprint density at radius 1 is 1.19 bits per heavy atom. The number of methoxy groups -OCH3 is 1. The first-order chi connectivity index (χ1) is 14.9. The highest BCUT2D eigenvalue weighted by Crippen LogP contribution is 2.24. The molecule has 31 heavy (non-hydrogen) atoms. The van der Waals surface area contributed by atoms with Gasteiger partial charge in [-0.1, -0.05) is 12.1 Å². The summed E-state index contributed by atoms with van der Waals surface area (Å²) in [7, 11) is 1.60. The summed E-state index contributed by atoms with van der Waals surface area (Å²) in [5, 5.41) is 2.89. The van der Waals surface area contributed by atoms with Crippen LogP contribution in [0.5, 0.6) is 11.6 Å². The molecular formula is C21H24F3N3O4. The van der Waals surface area contributed by atoms with Crippen molar-refractivity contribution in [2.75, 3.05) is 46.6 Å². The number of alkyl halides is 3. The van der Waals surface area contributed by atoms with E-state index in [1.165, 1.54) is 18.3 Å². The van der Waals surface area contributed by atoms with Crippen LogP contribution in [0.1, 0.15) is 22.0 Å². The summed E-state index contributed by atoms with van der Waals surface area (Å²) in [6, 6.07) is 10.2. The number of halogens is 3. The number of amides is 1. The van der Waals surface area contributed by atoms with Crippen LogP contribution in [-0.2, 0) is 4.74 Å². The van der Waals surface area contributed by atoms with Crippen LogP contribution in [-0.4, -0.2) is 68.5 Å². The fourth-order valence-corrected chi connectivity index (χ4v) is 3.22. The van der Waals surface area contributed by atoms with E-state index in [9.17, 15) is 18.0 Å².